The molecule has 1 heterocycles. The van der Waals surface area contributed by atoms with E-state index < -0.39 is 6.09 Å². The van der Waals surface area contributed by atoms with Gasteiger partial charge in [0, 0.05) is 70.8 Å². The summed E-state index contributed by atoms with van der Waals surface area (Å²) in [6.45, 7) is 11.0. The lowest BCUT2D eigenvalue weighted by Crippen LogP contribution is -2.48. The molecule has 0 bridgehead atoms. The van der Waals surface area contributed by atoms with Crippen molar-refractivity contribution in [2.45, 2.75) is 26.3 Å². The van der Waals surface area contributed by atoms with Gasteiger partial charge >= 0.3 is 6.09 Å². The number of carbonyl (C=O) groups excluding carboxylic acids is 2. The van der Waals surface area contributed by atoms with E-state index >= 15 is 0 Å². The van der Waals surface area contributed by atoms with E-state index in [2.05, 4.69) is 33.3 Å². The molecule has 0 unspecified atom stereocenters. The highest BCUT2D eigenvalue weighted by Gasteiger charge is 2.27. The maximum Gasteiger partial charge on any atom is 0.411 e. The summed E-state index contributed by atoms with van der Waals surface area (Å²) in [5.74, 6) is 0.0528. The molecule has 2 aromatic rings. The molecule has 1 aliphatic heterocycles. The van der Waals surface area contributed by atoms with Crippen LogP contribution < -0.4 is 5.32 Å². The monoisotopic (exact) mass is 496 g/mol. The van der Waals surface area contributed by atoms with Crippen LogP contribution in [0, 0.1) is 0 Å². The molecule has 196 valence electrons. The van der Waals surface area contributed by atoms with Gasteiger partial charge in [-0.15, -0.1) is 0 Å². The predicted molar refractivity (Wildman–Crippen MR) is 143 cm³/mol. The molecule has 1 atom stereocenters. The number of methoxy groups -OCH3 is 2. The van der Waals surface area contributed by atoms with E-state index in [1.165, 1.54) is 7.11 Å². The highest BCUT2D eigenvalue weighted by molar-refractivity contribution is 5.94. The molecule has 1 fully saturated rings. The number of nitrogens with one attached hydrogen (secondary N) is 1. The Hall–Kier alpha value is -2.94. The fourth-order valence-electron chi connectivity index (χ4n) is 4.75. The van der Waals surface area contributed by atoms with Crippen molar-refractivity contribution in [2.24, 2.45) is 0 Å². The van der Waals surface area contributed by atoms with E-state index in [0.29, 0.717) is 24.3 Å². The Morgan fingerprint density at radius 1 is 0.972 bits per heavy atom. The van der Waals surface area contributed by atoms with E-state index in [0.717, 1.165) is 56.9 Å². The second-order valence-corrected chi connectivity index (χ2v) is 8.97. The van der Waals surface area contributed by atoms with Crippen molar-refractivity contribution in [1.82, 2.24) is 14.7 Å². The Morgan fingerprint density at radius 2 is 1.67 bits per heavy atom. The van der Waals surface area contributed by atoms with Gasteiger partial charge < -0.3 is 19.3 Å². The summed E-state index contributed by atoms with van der Waals surface area (Å²) < 4.78 is 9.98. The number of hydrogen-bond donors (Lipinski definition) is 1. The summed E-state index contributed by atoms with van der Waals surface area (Å²) in [7, 11) is 3.10. The maximum absolute atomic E-state index is 12.8. The van der Waals surface area contributed by atoms with Crippen LogP contribution in [0.4, 0.5) is 10.5 Å². The van der Waals surface area contributed by atoms with Crippen LogP contribution in [0.15, 0.2) is 48.5 Å². The minimum atomic E-state index is -0.493. The van der Waals surface area contributed by atoms with Gasteiger partial charge in [-0.1, -0.05) is 24.3 Å². The average Bonchev–Trinajstić information content (AvgIpc) is 2.91. The lowest BCUT2D eigenvalue weighted by atomic mass is 9.95. The maximum atomic E-state index is 12.8. The Labute approximate surface area is 215 Å². The van der Waals surface area contributed by atoms with E-state index in [4.69, 9.17) is 9.47 Å². The highest BCUT2D eigenvalue weighted by Crippen LogP contribution is 2.31. The average molecular weight is 497 g/mol. The summed E-state index contributed by atoms with van der Waals surface area (Å²) in [5.41, 5.74) is 3.59. The topological polar surface area (TPSA) is 74.4 Å². The molecular weight excluding hydrogens is 456 g/mol. The largest absolute Gasteiger partial charge is 0.453 e. The summed E-state index contributed by atoms with van der Waals surface area (Å²) in [4.78, 5) is 31.4. The first-order chi connectivity index (χ1) is 17.5. The normalized spacial score (nSPS) is 15.3. The zero-order valence-corrected chi connectivity index (χ0v) is 22.0. The standard InChI is InChI=1S/C28H40N4O4/c1-5-31(6-2)27(33)23-13-11-22(12-14-23)26(24-9-7-10-25(21-24)29-28(34)36-4)32-18-16-30(17-19-32)15-8-20-35-3/h7,9-14,21,26H,5-6,8,15-20H2,1-4H3,(H,29,34)/t26-/m1/s1. The third-order valence-electron chi connectivity index (χ3n) is 6.75. The number of carbonyl (C=O) groups is 2. The number of ether oxygens (including phenoxy) is 2. The Balaban J connectivity index is 1.86. The van der Waals surface area contributed by atoms with Gasteiger partial charge in [-0.05, 0) is 55.7 Å². The fourth-order valence-corrected chi connectivity index (χ4v) is 4.75. The third kappa shape index (κ3) is 7.29. The first kappa shape index (κ1) is 27.6. The van der Waals surface area contributed by atoms with Gasteiger partial charge in [-0.2, -0.15) is 0 Å². The lowest BCUT2D eigenvalue weighted by molar-refractivity contribution is 0.0773. The van der Waals surface area contributed by atoms with Crippen molar-refractivity contribution in [3.63, 3.8) is 0 Å². The number of nitrogens with zero attached hydrogens (tertiary/aromatic N) is 3. The van der Waals surface area contributed by atoms with Crippen molar-refractivity contribution < 1.29 is 19.1 Å². The third-order valence-corrected chi connectivity index (χ3v) is 6.75. The Kier molecular flexibility index (Phi) is 10.7. The fraction of sp³-hybridized carbons (Fsp3) is 0.500. The van der Waals surface area contributed by atoms with Gasteiger partial charge in [0.25, 0.3) is 5.91 Å². The molecule has 0 aliphatic carbocycles. The van der Waals surface area contributed by atoms with Gasteiger partial charge in [-0.25, -0.2) is 4.79 Å². The number of amides is 2. The van der Waals surface area contributed by atoms with Crippen LogP contribution >= 0.6 is 0 Å². The molecule has 3 rings (SSSR count). The molecule has 0 radical (unpaired) electrons. The number of anilines is 1. The quantitative estimate of drug-likeness (QED) is 0.473. The number of hydrogen-bond acceptors (Lipinski definition) is 6. The first-order valence-electron chi connectivity index (χ1n) is 12.8. The van der Waals surface area contributed by atoms with Crippen LogP contribution in [-0.4, -0.2) is 93.3 Å². The molecule has 0 saturated carbocycles. The molecule has 8 heteroatoms. The molecule has 1 aliphatic rings. The van der Waals surface area contributed by atoms with Crippen LogP contribution in [0.1, 0.15) is 47.8 Å². The van der Waals surface area contributed by atoms with Gasteiger partial charge in [0.05, 0.1) is 13.2 Å². The number of benzene rings is 2. The van der Waals surface area contributed by atoms with Crippen LogP contribution in [0.25, 0.3) is 0 Å². The summed E-state index contributed by atoms with van der Waals surface area (Å²) >= 11 is 0. The van der Waals surface area contributed by atoms with Gasteiger partial charge in [0.2, 0.25) is 0 Å². The number of rotatable bonds is 11. The summed E-state index contributed by atoms with van der Waals surface area (Å²) in [5, 5.41) is 2.78. The van der Waals surface area contributed by atoms with E-state index in [1.54, 1.807) is 7.11 Å². The van der Waals surface area contributed by atoms with Crippen molar-refractivity contribution in [3.05, 3.63) is 65.2 Å². The molecular formula is C28H40N4O4. The SMILES string of the molecule is CCN(CC)C(=O)c1ccc([C@H](c2cccc(NC(=O)OC)c2)N2CCN(CCCOC)CC2)cc1. The smallest absolute Gasteiger partial charge is 0.411 e. The van der Waals surface area contributed by atoms with Gasteiger partial charge in [0.1, 0.15) is 0 Å². The molecule has 0 aromatic heterocycles. The van der Waals surface area contributed by atoms with E-state index in [1.807, 2.05) is 49.1 Å². The highest BCUT2D eigenvalue weighted by atomic mass is 16.5. The molecule has 1 N–H and O–H groups in total. The zero-order valence-electron chi connectivity index (χ0n) is 22.0. The van der Waals surface area contributed by atoms with Gasteiger partial charge in [-0.3, -0.25) is 15.0 Å². The molecule has 1 saturated heterocycles. The second kappa shape index (κ2) is 14.0. The molecule has 2 amide bonds. The Bertz CT molecular complexity index is 970. The van der Waals surface area contributed by atoms with Crippen molar-refractivity contribution in [1.29, 1.82) is 0 Å². The van der Waals surface area contributed by atoms with Crippen LogP contribution in [-0.2, 0) is 9.47 Å². The van der Waals surface area contributed by atoms with E-state index in [-0.39, 0.29) is 11.9 Å². The first-order valence-corrected chi connectivity index (χ1v) is 12.8. The number of piperazine rings is 1. The minimum absolute atomic E-state index is 0.00290. The van der Waals surface area contributed by atoms with E-state index in [9.17, 15) is 9.59 Å². The molecule has 0 spiro atoms. The van der Waals surface area contributed by atoms with Gasteiger partial charge in [0.15, 0.2) is 0 Å². The van der Waals surface area contributed by atoms with Crippen LogP contribution in [0.2, 0.25) is 0 Å². The second-order valence-electron chi connectivity index (χ2n) is 8.97. The van der Waals surface area contributed by atoms with Crippen molar-refractivity contribution >= 4 is 17.7 Å². The Morgan fingerprint density at radius 3 is 2.28 bits per heavy atom. The minimum Gasteiger partial charge on any atom is -0.453 e. The zero-order chi connectivity index (χ0) is 25.9. The van der Waals surface area contributed by atoms with Crippen LogP contribution in [0.3, 0.4) is 0 Å². The van der Waals surface area contributed by atoms with Crippen LogP contribution in [0.5, 0.6) is 0 Å². The van der Waals surface area contributed by atoms with Crippen molar-refractivity contribution in [3.8, 4) is 0 Å². The molecule has 8 nitrogen and oxygen atoms in total. The van der Waals surface area contributed by atoms with Crippen molar-refractivity contribution in [2.75, 3.05) is 72.0 Å². The predicted octanol–water partition coefficient (Wildman–Crippen LogP) is 4.09. The summed E-state index contributed by atoms with van der Waals surface area (Å²) in [6, 6.07) is 15.9. The lowest BCUT2D eigenvalue weighted by Gasteiger charge is -2.40. The molecule has 2 aromatic carbocycles. The summed E-state index contributed by atoms with van der Waals surface area (Å²) in [6.07, 6.45) is 0.538. The molecule has 36 heavy (non-hydrogen) atoms.